The molecule has 5 aromatic heterocycles. The summed E-state index contributed by atoms with van der Waals surface area (Å²) >= 11 is 3.46. The van der Waals surface area contributed by atoms with Crippen LogP contribution in [0.25, 0.3) is 60.1 Å². The van der Waals surface area contributed by atoms with Crippen LogP contribution in [0.5, 0.6) is 28.7 Å². The third kappa shape index (κ3) is 19.7. The first-order valence-electron chi connectivity index (χ1n) is 35.0. The number of nitrogens with one attached hydrogen (secondary N) is 7. The number of aromatic amines is 5. The van der Waals surface area contributed by atoms with Crippen molar-refractivity contribution in [1.82, 2.24) is 35.7 Å². The topological polar surface area (TPSA) is 228 Å². The molecule has 3 atom stereocenters. The number of hydroxylamine groups is 1. The number of H-pyrrole nitrogens is 5. The lowest BCUT2D eigenvalue weighted by Gasteiger charge is -2.20. The molecule has 0 aliphatic rings. The van der Waals surface area contributed by atoms with Gasteiger partial charge in [-0.1, -0.05) is 121 Å². The molecule has 0 radical (unpaired) electrons. The maximum absolute atomic E-state index is 12.2. The van der Waals surface area contributed by atoms with Gasteiger partial charge in [-0.2, -0.15) is 5.48 Å². The van der Waals surface area contributed by atoms with E-state index < -0.39 is 0 Å². The van der Waals surface area contributed by atoms with Gasteiger partial charge in [0.25, 0.3) is 0 Å². The normalized spacial score (nSPS) is 11.8. The monoisotopic (exact) mass is 1490 g/mol. The molecule has 19 heteroatoms. The van der Waals surface area contributed by atoms with Crippen LogP contribution in [-0.2, 0) is 28.7 Å². The predicted molar refractivity (Wildman–Crippen MR) is 427 cm³/mol. The number of carbonyl (C=O) groups is 3. The summed E-state index contributed by atoms with van der Waals surface area (Å²) < 4.78 is 38.2. The number of hydrogen-bond donors (Lipinski definition) is 7. The van der Waals surface area contributed by atoms with Crippen LogP contribution in [0.3, 0.4) is 0 Å². The van der Waals surface area contributed by atoms with Crippen molar-refractivity contribution in [2.24, 2.45) is 0 Å². The zero-order valence-corrected chi connectivity index (χ0v) is 62.6. The summed E-state index contributed by atoms with van der Waals surface area (Å²) in [6.45, 7) is 5.32. The Balaban J connectivity index is 0.000000144. The molecule has 0 bridgehead atoms. The van der Waals surface area contributed by atoms with Crippen LogP contribution in [0.1, 0.15) is 95.4 Å². The fraction of sp³-hybridized carbons (Fsp3) is 0.207. The minimum Gasteiger partial charge on any atom is -0.497 e. The number of aromatic nitrogens is 5. The van der Waals surface area contributed by atoms with E-state index in [1.807, 2.05) is 209 Å². The number of methoxy groups -OCH3 is 5. The van der Waals surface area contributed by atoms with Gasteiger partial charge in [-0.25, -0.2) is 4.79 Å². The van der Waals surface area contributed by atoms with E-state index in [0.717, 1.165) is 129 Å². The van der Waals surface area contributed by atoms with E-state index >= 15 is 0 Å². The second-order valence-corrected chi connectivity index (χ2v) is 25.3. The summed E-state index contributed by atoms with van der Waals surface area (Å²) in [6.07, 6.45) is 12.7. The Bertz CT molecular complexity index is 5000. The number of carbonyl (C=O) groups excluding carboxylic acids is 3. The van der Waals surface area contributed by atoms with E-state index in [1.165, 1.54) is 28.1 Å². The number of fused-ring (bicyclic) bond motifs is 5. The first-order chi connectivity index (χ1) is 51.8. The van der Waals surface area contributed by atoms with Crippen LogP contribution in [-0.4, -0.2) is 112 Å². The van der Waals surface area contributed by atoms with Crippen LogP contribution in [0.2, 0.25) is 0 Å². The lowest BCUT2D eigenvalue weighted by Crippen LogP contribution is -2.18. The van der Waals surface area contributed by atoms with Crippen molar-refractivity contribution in [2.75, 3.05) is 69.4 Å². The molecular formula is C87H90BrN7O11. The van der Waals surface area contributed by atoms with Gasteiger partial charge in [-0.15, -0.1) is 0 Å². The summed E-state index contributed by atoms with van der Waals surface area (Å²) in [7, 11) is 11.9. The molecule has 0 aliphatic carbocycles. The molecule has 5 heterocycles. The lowest BCUT2D eigenvalue weighted by atomic mass is 9.87. The fourth-order valence-corrected chi connectivity index (χ4v) is 13.6. The van der Waals surface area contributed by atoms with Crippen LogP contribution in [0, 0.1) is 0 Å². The van der Waals surface area contributed by atoms with Gasteiger partial charge in [0.2, 0.25) is 0 Å². The molecule has 14 rings (SSSR count). The van der Waals surface area contributed by atoms with E-state index in [2.05, 4.69) is 100 Å². The minimum absolute atomic E-state index is 0.0958. The van der Waals surface area contributed by atoms with Gasteiger partial charge in [-0.3, -0.25) is 9.59 Å². The Morgan fingerprint density at radius 2 is 0.774 bits per heavy atom. The summed E-state index contributed by atoms with van der Waals surface area (Å²) in [5, 5.41) is 8.75. The molecule has 0 fully saturated rings. The number of benzene rings is 9. The van der Waals surface area contributed by atoms with Gasteiger partial charge >= 0.3 is 17.9 Å². The van der Waals surface area contributed by atoms with Crippen LogP contribution >= 0.6 is 15.9 Å². The molecule has 0 amide bonds. The Morgan fingerprint density at radius 3 is 1.19 bits per heavy atom. The maximum atomic E-state index is 12.2. The zero-order valence-electron chi connectivity index (χ0n) is 61.0. The Morgan fingerprint density at radius 1 is 0.415 bits per heavy atom. The Kier molecular flexibility index (Phi) is 28.0. The van der Waals surface area contributed by atoms with Crippen molar-refractivity contribution in [1.29, 1.82) is 0 Å². The number of esters is 2. The minimum atomic E-state index is -0.362. The highest BCUT2D eigenvalue weighted by Gasteiger charge is 2.26. The summed E-state index contributed by atoms with van der Waals surface area (Å²) in [4.78, 5) is 57.6. The van der Waals surface area contributed by atoms with Crippen molar-refractivity contribution < 1.29 is 52.4 Å². The van der Waals surface area contributed by atoms with E-state index in [9.17, 15) is 14.4 Å². The van der Waals surface area contributed by atoms with E-state index in [4.69, 9.17) is 38.0 Å². The average Bonchev–Trinajstić information content (AvgIpc) is 1.56. The first-order valence-corrected chi connectivity index (χ1v) is 35.8. The molecule has 0 saturated heterocycles. The van der Waals surface area contributed by atoms with E-state index in [0.29, 0.717) is 25.6 Å². The van der Waals surface area contributed by atoms with Gasteiger partial charge < -0.3 is 68.2 Å². The smallest absolute Gasteiger partial charge is 0.331 e. The van der Waals surface area contributed by atoms with Gasteiger partial charge in [0.1, 0.15) is 28.7 Å². The fourth-order valence-electron chi connectivity index (χ4n) is 13.0. The number of rotatable bonds is 24. The molecule has 3 unspecified atom stereocenters. The molecule has 546 valence electrons. The second-order valence-electron chi connectivity index (χ2n) is 24.5. The molecule has 9 aromatic carbocycles. The van der Waals surface area contributed by atoms with Gasteiger partial charge in [-0.05, 0) is 185 Å². The van der Waals surface area contributed by atoms with Crippen LogP contribution in [0.4, 0.5) is 0 Å². The number of ether oxygens (including phenoxy) is 7. The van der Waals surface area contributed by atoms with Crippen LogP contribution in [0.15, 0.2) is 254 Å². The Labute approximate surface area is 625 Å². The molecule has 0 aliphatic heterocycles. The highest BCUT2D eigenvalue weighted by Crippen LogP contribution is 2.40. The first kappa shape index (κ1) is 76.9. The number of hydrogen-bond acceptors (Lipinski definition) is 13. The molecular weight excluding hydrogens is 1400 g/mol. The summed E-state index contributed by atoms with van der Waals surface area (Å²) in [5.74, 6) is 3.29. The molecule has 18 nitrogen and oxygen atoms in total. The van der Waals surface area contributed by atoms with Crippen molar-refractivity contribution in [3.63, 3.8) is 0 Å². The third-order valence-corrected chi connectivity index (χ3v) is 18.6. The standard InChI is InChI=1S/C20H21NO3.C20H19NO3.C19H20N2O3.C19H22N2O.C9H8BrNO/c2*1-3-24-19(22)13-17(14-7-5-4-6-8-14)18-12-16(23-2)11-15-9-10-21-20(15)18;1-20-24-18(22)12-16(13-6-4-3-5-7-13)17-11-15(23-2)10-14-8-9-21-19(14)17;1-20-10-9-17(14-6-4-3-5-7-14)18-13-16(22-2)12-15-8-11-21-19(15)18;1-12-7-4-6-2-3-11-9(6)8(10)5-7/h4-12,17,21H,3,13H2,1-2H3;4-13,21H,3H2,1-2H3;3-11,16,20-21H,12H2,1-2H3;3-8,11-13,17,20-21H,9-10H2,1-2H3;2-5,11H,1H3/b;17-13+;;;. The van der Waals surface area contributed by atoms with E-state index in [-0.39, 0.29) is 36.2 Å². The third-order valence-electron chi connectivity index (χ3n) is 18.0. The molecule has 0 saturated carbocycles. The van der Waals surface area contributed by atoms with Gasteiger partial charge in [0.05, 0.1) is 72.6 Å². The predicted octanol–water partition coefficient (Wildman–Crippen LogP) is 18.7. The Hall–Kier alpha value is -11.8. The van der Waals surface area contributed by atoms with Crippen molar-refractivity contribution in [2.45, 2.75) is 50.9 Å². The largest absolute Gasteiger partial charge is 0.497 e. The summed E-state index contributed by atoms with van der Waals surface area (Å²) in [5.41, 5.74) is 17.2. The average molecular weight is 1490 g/mol. The maximum Gasteiger partial charge on any atom is 0.331 e. The van der Waals surface area contributed by atoms with Crippen molar-refractivity contribution in [3.8, 4) is 28.7 Å². The molecule has 14 aromatic rings. The quantitative estimate of drug-likeness (QED) is 0.0129. The van der Waals surface area contributed by atoms with Crippen LogP contribution < -0.4 is 34.5 Å². The van der Waals surface area contributed by atoms with Crippen molar-refractivity contribution in [3.05, 3.63) is 298 Å². The second kappa shape index (κ2) is 38.7. The molecule has 7 N–H and O–H groups in total. The van der Waals surface area contributed by atoms with E-state index in [1.54, 1.807) is 49.5 Å². The summed E-state index contributed by atoms with van der Waals surface area (Å²) in [6, 6.07) is 70.5. The lowest BCUT2D eigenvalue weighted by molar-refractivity contribution is -0.150. The molecule has 0 spiro atoms. The number of halogens is 1. The highest BCUT2D eigenvalue weighted by atomic mass is 79.9. The SMILES string of the molecule is CCOC(=O)/C=C(\c1ccccc1)c1cc(OC)cc2cc[nH]c12.CCOC(=O)CC(c1ccccc1)c1cc(OC)cc2cc[nH]c12.CNCCC(c1ccccc1)c1cc(OC)cc2cc[nH]c12.CNOC(=O)CC(c1ccccc1)c1cc(OC)cc2cc[nH]c12.COc1cc(Br)c2[nH]ccc2c1. The van der Waals surface area contributed by atoms with Gasteiger partial charge in [0.15, 0.2) is 0 Å². The van der Waals surface area contributed by atoms with Crippen molar-refractivity contribution >= 4 is 93.9 Å². The molecule has 106 heavy (non-hydrogen) atoms. The zero-order chi connectivity index (χ0) is 74.7. The highest BCUT2D eigenvalue weighted by molar-refractivity contribution is 9.10. The van der Waals surface area contributed by atoms with Gasteiger partial charge in [0, 0.05) is 115 Å².